The minimum absolute atomic E-state index is 0.118. The van der Waals surface area contributed by atoms with Crippen molar-refractivity contribution in [2.24, 2.45) is 0 Å². The minimum Gasteiger partial charge on any atom is -0.378 e. The van der Waals surface area contributed by atoms with Crippen LogP contribution in [0.4, 0.5) is 16.5 Å². The minimum atomic E-state index is -0.280. The summed E-state index contributed by atoms with van der Waals surface area (Å²) in [7, 11) is 8.03. The second-order valence-corrected chi connectivity index (χ2v) is 12.2. The summed E-state index contributed by atoms with van der Waals surface area (Å²) in [6.07, 6.45) is 1.94. The largest absolute Gasteiger partial charge is 0.378 e. The molecular weight excluding hydrogens is 555 g/mol. The van der Waals surface area contributed by atoms with Gasteiger partial charge in [0.15, 0.2) is 0 Å². The van der Waals surface area contributed by atoms with Gasteiger partial charge < -0.3 is 9.80 Å². The first kappa shape index (κ1) is 26.8. The van der Waals surface area contributed by atoms with E-state index in [2.05, 4.69) is 55.1 Å². The van der Waals surface area contributed by atoms with Crippen molar-refractivity contribution < 1.29 is 4.79 Å². The molecule has 0 saturated carbocycles. The number of anilines is 3. The molecule has 0 bridgehead atoms. The Morgan fingerprint density at radius 2 is 1.56 bits per heavy atom. The van der Waals surface area contributed by atoms with Gasteiger partial charge in [-0.25, -0.2) is 9.69 Å². The Kier molecular flexibility index (Phi) is 7.33. The van der Waals surface area contributed by atoms with Crippen molar-refractivity contribution in [3.8, 4) is 0 Å². The molecule has 12 heteroatoms. The number of para-hydroxylation sites is 1. The van der Waals surface area contributed by atoms with Crippen LogP contribution in [0, 0.1) is 0 Å². The quantitative estimate of drug-likeness (QED) is 0.250. The molecule has 1 aliphatic heterocycles. The lowest BCUT2D eigenvalue weighted by atomic mass is 10.1. The Morgan fingerprint density at radius 1 is 0.878 bits per heavy atom. The highest BCUT2D eigenvalue weighted by atomic mass is 32.2. The van der Waals surface area contributed by atoms with E-state index in [-0.39, 0.29) is 11.3 Å². The number of hydrogen-bond donors (Lipinski definition) is 1. The maximum atomic E-state index is 13.7. The Labute approximate surface area is 246 Å². The standard InChI is InChI=1S/C29H29N9OS2/c1-35(2)21-13-9-19(10-14-21)17-25-27(39)38(28(40-25)20-11-15-22(16-12-20)36(3)4)33-29-32-31-26(41-29)18-37-24-8-6-5-7-23(24)30-34-37/h5-17,28H,18H2,1-4H3,(H,32,33)/b25-17-. The third-order valence-corrected chi connectivity index (χ3v) is 8.76. The molecule has 1 N–H and O–H groups in total. The van der Waals surface area contributed by atoms with Gasteiger partial charge in [0.1, 0.15) is 15.9 Å². The highest BCUT2D eigenvalue weighted by molar-refractivity contribution is 8.04. The number of thioether (sulfide) groups is 1. The molecule has 1 amide bonds. The third kappa shape index (κ3) is 5.61. The van der Waals surface area contributed by atoms with Crippen molar-refractivity contribution in [3.05, 3.63) is 93.8 Å². The van der Waals surface area contributed by atoms with Crippen molar-refractivity contribution in [1.29, 1.82) is 0 Å². The highest BCUT2D eigenvalue weighted by Gasteiger charge is 2.38. The number of nitrogens with zero attached hydrogens (tertiary/aromatic N) is 8. The summed E-state index contributed by atoms with van der Waals surface area (Å²) in [6.45, 7) is 0.437. The molecule has 1 fully saturated rings. The van der Waals surface area contributed by atoms with E-state index in [4.69, 9.17) is 0 Å². The van der Waals surface area contributed by atoms with Crippen LogP contribution in [-0.2, 0) is 11.3 Å². The van der Waals surface area contributed by atoms with E-state index < -0.39 is 0 Å². The molecule has 1 saturated heterocycles. The van der Waals surface area contributed by atoms with Crippen LogP contribution in [0.25, 0.3) is 17.1 Å². The van der Waals surface area contributed by atoms with Gasteiger partial charge in [-0.1, -0.05) is 64.7 Å². The number of benzene rings is 3. The molecule has 0 spiro atoms. The zero-order valence-electron chi connectivity index (χ0n) is 23.1. The number of carbonyl (C=O) groups is 1. The van der Waals surface area contributed by atoms with E-state index in [9.17, 15) is 4.79 Å². The first-order valence-electron chi connectivity index (χ1n) is 13.0. The van der Waals surface area contributed by atoms with Crippen molar-refractivity contribution in [1.82, 2.24) is 30.2 Å². The molecule has 10 nitrogen and oxygen atoms in total. The lowest BCUT2D eigenvalue weighted by Crippen LogP contribution is -2.33. The van der Waals surface area contributed by atoms with Gasteiger partial charge in [-0.3, -0.25) is 10.2 Å². The maximum absolute atomic E-state index is 13.7. The molecular formula is C29H29N9OS2. The van der Waals surface area contributed by atoms with Gasteiger partial charge >= 0.3 is 0 Å². The first-order valence-corrected chi connectivity index (χ1v) is 14.7. The van der Waals surface area contributed by atoms with Gasteiger partial charge in [-0.05, 0) is 53.6 Å². The molecule has 6 rings (SSSR count). The molecule has 0 aliphatic carbocycles. The second-order valence-electron chi connectivity index (χ2n) is 9.97. The summed E-state index contributed by atoms with van der Waals surface area (Å²) < 4.78 is 1.80. The average molecular weight is 584 g/mol. The van der Waals surface area contributed by atoms with E-state index >= 15 is 0 Å². The van der Waals surface area contributed by atoms with Gasteiger partial charge in [0.05, 0.1) is 17.0 Å². The Morgan fingerprint density at radius 3 is 2.27 bits per heavy atom. The summed E-state index contributed by atoms with van der Waals surface area (Å²) in [5.74, 6) is -0.118. The zero-order valence-corrected chi connectivity index (χ0v) is 24.7. The van der Waals surface area contributed by atoms with Crippen LogP contribution in [0.1, 0.15) is 21.5 Å². The normalized spacial score (nSPS) is 16.1. The van der Waals surface area contributed by atoms with Gasteiger partial charge in [0.2, 0.25) is 5.13 Å². The van der Waals surface area contributed by atoms with E-state index in [1.807, 2.05) is 87.7 Å². The van der Waals surface area contributed by atoms with Crippen LogP contribution in [-0.4, -0.2) is 64.3 Å². The second kappa shape index (κ2) is 11.2. The number of hydrazine groups is 1. The van der Waals surface area contributed by atoms with E-state index in [0.717, 1.165) is 38.5 Å². The van der Waals surface area contributed by atoms with E-state index in [0.29, 0.717) is 16.6 Å². The number of amides is 1. The number of aromatic nitrogens is 5. The number of hydrogen-bond acceptors (Lipinski definition) is 10. The molecule has 1 aliphatic rings. The SMILES string of the molecule is CN(C)c1ccc(/C=C2\SC(c3ccc(N(C)C)cc3)N(Nc3nnc(Cn4nnc5ccccc54)s3)C2=O)cc1. The summed E-state index contributed by atoms with van der Waals surface area (Å²) in [5.41, 5.74) is 9.18. The zero-order chi connectivity index (χ0) is 28.5. The fourth-order valence-corrected chi connectivity index (χ4v) is 6.36. The predicted octanol–water partition coefficient (Wildman–Crippen LogP) is 5.11. The summed E-state index contributed by atoms with van der Waals surface area (Å²) in [6, 6.07) is 24.2. The molecule has 1 unspecified atom stereocenters. The van der Waals surface area contributed by atoms with Crippen molar-refractivity contribution in [2.45, 2.75) is 11.9 Å². The smallest absolute Gasteiger partial charge is 0.280 e. The van der Waals surface area contributed by atoms with Gasteiger partial charge in [0, 0.05) is 39.6 Å². The topological polar surface area (TPSA) is 95.3 Å². The molecule has 208 valence electrons. The molecule has 0 radical (unpaired) electrons. The molecule has 2 aromatic heterocycles. The van der Waals surface area contributed by atoms with E-state index in [1.165, 1.54) is 23.1 Å². The third-order valence-electron chi connectivity index (χ3n) is 6.69. The molecule has 3 heterocycles. The van der Waals surface area contributed by atoms with Crippen molar-refractivity contribution >= 4 is 62.6 Å². The van der Waals surface area contributed by atoms with Crippen LogP contribution < -0.4 is 15.2 Å². The van der Waals surface area contributed by atoms with Crippen LogP contribution in [0.2, 0.25) is 0 Å². The number of nitrogens with one attached hydrogen (secondary N) is 1. The lowest BCUT2D eigenvalue weighted by Gasteiger charge is -2.24. The molecule has 5 aromatic rings. The maximum Gasteiger partial charge on any atom is 0.280 e. The summed E-state index contributed by atoms with van der Waals surface area (Å²) in [5, 5.41) is 19.8. The lowest BCUT2D eigenvalue weighted by molar-refractivity contribution is -0.124. The van der Waals surface area contributed by atoms with Crippen LogP contribution >= 0.6 is 23.1 Å². The monoisotopic (exact) mass is 583 g/mol. The fourth-order valence-electron chi connectivity index (χ4n) is 4.46. The molecule has 41 heavy (non-hydrogen) atoms. The Balaban J connectivity index is 1.27. The number of rotatable bonds is 8. The molecule has 3 aromatic carbocycles. The molecule has 1 atom stereocenters. The fraction of sp³-hybridized carbons (Fsp3) is 0.207. The summed E-state index contributed by atoms with van der Waals surface area (Å²) in [4.78, 5) is 18.5. The average Bonchev–Trinajstić information content (AvgIpc) is 3.68. The van der Waals surface area contributed by atoms with E-state index in [1.54, 1.807) is 9.69 Å². The van der Waals surface area contributed by atoms with Crippen molar-refractivity contribution in [3.63, 3.8) is 0 Å². The van der Waals surface area contributed by atoms with Crippen LogP contribution in [0.15, 0.2) is 77.7 Å². The number of fused-ring (bicyclic) bond motifs is 1. The van der Waals surface area contributed by atoms with Gasteiger partial charge in [0.25, 0.3) is 5.91 Å². The summed E-state index contributed by atoms with van der Waals surface area (Å²) >= 11 is 2.90. The highest BCUT2D eigenvalue weighted by Crippen LogP contribution is 2.46. The first-order chi connectivity index (χ1) is 19.9. The predicted molar refractivity (Wildman–Crippen MR) is 167 cm³/mol. The Bertz CT molecular complexity index is 1710. The number of carbonyl (C=O) groups excluding carboxylic acids is 1. The van der Waals surface area contributed by atoms with Gasteiger partial charge in [-0.15, -0.1) is 15.3 Å². The van der Waals surface area contributed by atoms with Crippen molar-refractivity contribution in [2.75, 3.05) is 43.4 Å². The van der Waals surface area contributed by atoms with Crippen LogP contribution in [0.3, 0.4) is 0 Å². The van der Waals surface area contributed by atoms with Gasteiger partial charge in [-0.2, -0.15) is 0 Å². The van der Waals surface area contributed by atoms with Crippen LogP contribution in [0.5, 0.6) is 0 Å². The Hall–Kier alpha value is -4.42.